The average Bonchev–Trinajstić information content (AvgIpc) is 3.37. The van der Waals surface area contributed by atoms with E-state index >= 15 is 0 Å². The first-order valence-corrected chi connectivity index (χ1v) is 13.0. The van der Waals surface area contributed by atoms with Crippen molar-refractivity contribution in [1.82, 2.24) is 19.7 Å². The highest BCUT2D eigenvalue weighted by Crippen LogP contribution is 2.26. The van der Waals surface area contributed by atoms with Crippen molar-refractivity contribution in [2.75, 3.05) is 11.1 Å². The number of thioether (sulfide) groups is 2. The first kappa shape index (κ1) is 22.6. The van der Waals surface area contributed by atoms with E-state index in [0.29, 0.717) is 11.7 Å². The number of benzene rings is 2. The summed E-state index contributed by atoms with van der Waals surface area (Å²) in [5.74, 6) is 2.66. The Hall–Kier alpha value is -2.62. The van der Waals surface area contributed by atoms with Crippen molar-refractivity contribution < 1.29 is 4.79 Å². The number of carbonyl (C=O) groups is 1. The fourth-order valence-electron chi connectivity index (χ4n) is 3.00. The van der Waals surface area contributed by atoms with Gasteiger partial charge in [-0.3, -0.25) is 4.79 Å². The topological polar surface area (TPSA) is 72.7 Å². The zero-order valence-corrected chi connectivity index (χ0v) is 20.1. The smallest absolute Gasteiger partial charge is 0.236 e. The molecule has 1 N–H and O–H groups in total. The fourth-order valence-corrected chi connectivity index (χ4v) is 5.58. The molecule has 164 valence electrons. The highest BCUT2D eigenvalue weighted by molar-refractivity contribution is 7.99. The van der Waals surface area contributed by atoms with Gasteiger partial charge in [0, 0.05) is 12.3 Å². The third kappa shape index (κ3) is 5.79. The standard InChI is InChI=1S/C23H23N5OS3/c1-3-12-28-20(14-30-13-17-10-8-16(2)9-11-17)26-27-23(28)31-15-21(29)25-22-24-18-6-4-5-7-19(18)32-22/h3-11H,1,12-15H2,2H3,(H,24,25,29). The van der Waals surface area contributed by atoms with Crippen LogP contribution < -0.4 is 5.32 Å². The minimum absolute atomic E-state index is 0.113. The number of anilines is 1. The number of allylic oxidation sites excluding steroid dienone is 1. The average molecular weight is 482 g/mol. The highest BCUT2D eigenvalue weighted by atomic mass is 32.2. The maximum atomic E-state index is 12.4. The van der Waals surface area contributed by atoms with E-state index in [1.165, 1.54) is 34.2 Å². The molecular weight excluding hydrogens is 458 g/mol. The van der Waals surface area contributed by atoms with Crippen LogP contribution in [0.2, 0.25) is 0 Å². The molecule has 0 bridgehead atoms. The van der Waals surface area contributed by atoms with Crippen molar-refractivity contribution in [2.24, 2.45) is 0 Å². The number of amides is 1. The minimum Gasteiger partial charge on any atom is -0.301 e. The summed E-state index contributed by atoms with van der Waals surface area (Å²) < 4.78 is 3.07. The molecule has 0 radical (unpaired) electrons. The molecular formula is C23H23N5OS3. The molecule has 2 aromatic heterocycles. The van der Waals surface area contributed by atoms with Crippen molar-refractivity contribution in [3.63, 3.8) is 0 Å². The van der Waals surface area contributed by atoms with Crippen LogP contribution in [0.5, 0.6) is 0 Å². The van der Waals surface area contributed by atoms with E-state index in [9.17, 15) is 4.79 Å². The summed E-state index contributed by atoms with van der Waals surface area (Å²) >= 11 is 4.63. The summed E-state index contributed by atoms with van der Waals surface area (Å²) in [5.41, 5.74) is 3.44. The number of thiazole rings is 1. The van der Waals surface area contributed by atoms with Gasteiger partial charge in [-0.05, 0) is 24.6 Å². The molecule has 0 atom stereocenters. The molecule has 0 saturated heterocycles. The van der Waals surface area contributed by atoms with Gasteiger partial charge in [0.2, 0.25) is 5.91 Å². The van der Waals surface area contributed by atoms with Gasteiger partial charge in [0.1, 0.15) is 5.82 Å². The van der Waals surface area contributed by atoms with Crippen LogP contribution in [0.1, 0.15) is 17.0 Å². The summed E-state index contributed by atoms with van der Waals surface area (Å²) in [7, 11) is 0. The molecule has 0 aliphatic heterocycles. The van der Waals surface area contributed by atoms with Crippen molar-refractivity contribution >= 4 is 56.1 Å². The van der Waals surface area contributed by atoms with Gasteiger partial charge in [-0.15, -0.1) is 28.5 Å². The Morgan fingerprint density at radius 2 is 1.97 bits per heavy atom. The van der Waals surface area contributed by atoms with Crippen LogP contribution in [0.15, 0.2) is 66.3 Å². The van der Waals surface area contributed by atoms with Crippen molar-refractivity contribution in [3.8, 4) is 0 Å². The zero-order chi connectivity index (χ0) is 22.3. The molecule has 32 heavy (non-hydrogen) atoms. The molecule has 1 amide bonds. The molecule has 6 nitrogen and oxygen atoms in total. The van der Waals surface area contributed by atoms with Gasteiger partial charge in [-0.2, -0.15) is 0 Å². The molecule has 0 aliphatic carbocycles. The zero-order valence-electron chi connectivity index (χ0n) is 17.7. The number of carbonyl (C=O) groups excluding carboxylic acids is 1. The van der Waals surface area contributed by atoms with Crippen LogP contribution in [-0.2, 0) is 22.8 Å². The first-order valence-electron chi connectivity index (χ1n) is 10.1. The Labute approximate surface area is 199 Å². The lowest BCUT2D eigenvalue weighted by atomic mass is 10.2. The number of fused-ring (bicyclic) bond motifs is 1. The van der Waals surface area contributed by atoms with Crippen LogP contribution in [0, 0.1) is 6.92 Å². The summed E-state index contributed by atoms with van der Waals surface area (Å²) in [5, 5.41) is 12.9. The van der Waals surface area contributed by atoms with Gasteiger partial charge in [0.05, 0.1) is 21.7 Å². The Morgan fingerprint density at radius 1 is 1.16 bits per heavy atom. The second kappa shape index (κ2) is 10.8. The van der Waals surface area contributed by atoms with E-state index < -0.39 is 0 Å². The van der Waals surface area contributed by atoms with E-state index in [0.717, 1.165) is 32.7 Å². The quantitative estimate of drug-likeness (QED) is 0.237. The lowest BCUT2D eigenvalue weighted by molar-refractivity contribution is -0.113. The Morgan fingerprint density at radius 3 is 2.75 bits per heavy atom. The van der Waals surface area contributed by atoms with Crippen molar-refractivity contribution in [1.29, 1.82) is 0 Å². The maximum absolute atomic E-state index is 12.4. The first-order chi connectivity index (χ1) is 15.6. The number of aromatic nitrogens is 4. The van der Waals surface area contributed by atoms with Gasteiger partial charge in [-0.25, -0.2) is 4.98 Å². The van der Waals surface area contributed by atoms with E-state index in [1.54, 1.807) is 11.8 Å². The fraction of sp³-hybridized carbons (Fsp3) is 0.217. The van der Waals surface area contributed by atoms with Crippen molar-refractivity contribution in [3.05, 3.63) is 78.1 Å². The van der Waals surface area contributed by atoms with Crippen LogP contribution in [-0.4, -0.2) is 31.4 Å². The monoisotopic (exact) mass is 481 g/mol. The maximum Gasteiger partial charge on any atom is 0.236 e. The van der Waals surface area contributed by atoms with Gasteiger partial charge in [-0.1, -0.05) is 71.1 Å². The Kier molecular flexibility index (Phi) is 7.62. The number of nitrogens with zero attached hydrogens (tertiary/aromatic N) is 4. The Bertz CT molecular complexity index is 1180. The minimum atomic E-state index is -0.113. The number of hydrogen-bond acceptors (Lipinski definition) is 7. The second-order valence-corrected chi connectivity index (χ2v) is 10.1. The van der Waals surface area contributed by atoms with Crippen LogP contribution >= 0.6 is 34.9 Å². The second-order valence-electron chi connectivity index (χ2n) is 7.10. The molecule has 4 rings (SSSR count). The lowest BCUT2D eigenvalue weighted by Crippen LogP contribution is -2.14. The molecule has 4 aromatic rings. The molecule has 0 unspecified atom stereocenters. The molecule has 2 aromatic carbocycles. The Balaban J connectivity index is 1.33. The largest absolute Gasteiger partial charge is 0.301 e. The van der Waals surface area contributed by atoms with Gasteiger partial charge in [0.25, 0.3) is 0 Å². The van der Waals surface area contributed by atoms with Crippen LogP contribution in [0.25, 0.3) is 10.2 Å². The van der Waals surface area contributed by atoms with E-state index in [4.69, 9.17) is 0 Å². The van der Waals surface area contributed by atoms with Gasteiger partial charge in [0.15, 0.2) is 10.3 Å². The SMILES string of the molecule is C=CCn1c(CSCc2ccc(C)cc2)nnc1SCC(=O)Nc1nc2ccccc2s1. The number of para-hydroxylation sites is 1. The number of nitrogens with one attached hydrogen (secondary N) is 1. The lowest BCUT2D eigenvalue weighted by Gasteiger charge is -2.08. The summed E-state index contributed by atoms with van der Waals surface area (Å²) in [6.07, 6.45) is 1.82. The molecule has 0 saturated carbocycles. The normalized spacial score (nSPS) is 11.0. The third-order valence-corrected chi connectivity index (χ3v) is 7.52. The van der Waals surface area contributed by atoms with E-state index in [1.807, 2.05) is 34.9 Å². The van der Waals surface area contributed by atoms with E-state index in [2.05, 4.69) is 58.3 Å². The molecule has 0 fully saturated rings. The highest BCUT2D eigenvalue weighted by Gasteiger charge is 2.14. The van der Waals surface area contributed by atoms with Crippen LogP contribution in [0.4, 0.5) is 5.13 Å². The summed E-state index contributed by atoms with van der Waals surface area (Å²) in [6.45, 7) is 6.54. The molecule has 0 aliphatic rings. The number of rotatable bonds is 10. The summed E-state index contributed by atoms with van der Waals surface area (Å²) in [4.78, 5) is 16.9. The predicted molar refractivity (Wildman–Crippen MR) is 135 cm³/mol. The summed E-state index contributed by atoms with van der Waals surface area (Å²) in [6, 6.07) is 16.4. The number of aryl methyl sites for hydroxylation is 1. The molecule has 0 spiro atoms. The number of hydrogen-bond donors (Lipinski definition) is 1. The van der Waals surface area contributed by atoms with Gasteiger partial charge < -0.3 is 9.88 Å². The molecule has 2 heterocycles. The van der Waals surface area contributed by atoms with Crippen molar-refractivity contribution in [2.45, 2.75) is 30.1 Å². The van der Waals surface area contributed by atoms with Gasteiger partial charge >= 0.3 is 0 Å². The molecule has 9 heteroatoms. The van der Waals surface area contributed by atoms with Crippen LogP contribution in [0.3, 0.4) is 0 Å². The van der Waals surface area contributed by atoms with E-state index in [-0.39, 0.29) is 11.7 Å². The third-order valence-electron chi connectivity index (χ3n) is 4.60. The predicted octanol–water partition coefficient (Wildman–Crippen LogP) is 5.55.